The van der Waals surface area contributed by atoms with Crippen LogP contribution < -0.4 is 20.1 Å². The highest BCUT2D eigenvalue weighted by molar-refractivity contribution is 9.09. The maximum Gasteiger partial charge on any atom is 0.258 e. The first-order valence-electron chi connectivity index (χ1n) is 11.1. The van der Waals surface area contributed by atoms with Crippen LogP contribution in [0.4, 0.5) is 8.78 Å². The molecule has 2 amide bonds. The normalized spacial score (nSPS) is 26.8. The van der Waals surface area contributed by atoms with Gasteiger partial charge in [0, 0.05) is 12.1 Å². The molecule has 0 radical (unpaired) electrons. The van der Waals surface area contributed by atoms with Crippen molar-refractivity contribution in [1.29, 1.82) is 0 Å². The monoisotopic (exact) mass is 606 g/mol. The summed E-state index contributed by atoms with van der Waals surface area (Å²) in [6.07, 6.45) is 0.821. The molecule has 36 heavy (non-hydrogen) atoms. The Morgan fingerprint density at radius 2 is 1.31 bits per heavy atom. The molecule has 2 aromatic carbocycles. The lowest BCUT2D eigenvalue weighted by atomic mass is 9.59. The molecule has 0 spiro atoms. The minimum absolute atomic E-state index is 0.0489. The number of halogens is 5. The number of amides is 2. The predicted molar refractivity (Wildman–Crippen MR) is 133 cm³/mol. The highest BCUT2D eigenvalue weighted by atomic mass is 79.9. The van der Waals surface area contributed by atoms with E-state index in [2.05, 4.69) is 26.6 Å². The largest absolute Gasteiger partial charge is 0.484 e. The Labute approximate surface area is 224 Å². The molecular formula is C24H23BrCl2F2N2O5. The number of benzene rings is 2. The summed E-state index contributed by atoms with van der Waals surface area (Å²) < 4.78 is 37.9. The molecule has 12 heteroatoms. The Hall–Kier alpha value is -2.14. The van der Waals surface area contributed by atoms with Crippen LogP contribution >= 0.6 is 39.1 Å². The highest BCUT2D eigenvalue weighted by Gasteiger charge is 2.60. The number of aliphatic hydroxyl groups excluding tert-OH is 1. The summed E-state index contributed by atoms with van der Waals surface area (Å²) in [4.78, 5) is 24.7. The van der Waals surface area contributed by atoms with E-state index in [0.717, 1.165) is 12.1 Å². The number of carbonyl (C=O) groups excluding carboxylic acids is 2. The van der Waals surface area contributed by atoms with Crippen molar-refractivity contribution in [1.82, 2.24) is 10.6 Å². The molecule has 2 bridgehead atoms. The molecule has 2 aromatic rings. The van der Waals surface area contributed by atoms with Gasteiger partial charge in [-0.3, -0.25) is 9.59 Å². The van der Waals surface area contributed by atoms with Gasteiger partial charge in [-0.25, -0.2) is 8.78 Å². The first-order chi connectivity index (χ1) is 17.0. The number of hydrogen-bond donors (Lipinski definition) is 3. The Balaban J connectivity index is 1.32. The first-order valence-corrected chi connectivity index (χ1v) is 12.8. The summed E-state index contributed by atoms with van der Waals surface area (Å²) >= 11 is 14.8. The molecule has 3 saturated carbocycles. The Morgan fingerprint density at radius 1 is 0.889 bits per heavy atom. The molecule has 194 valence electrons. The molecular weight excluding hydrogens is 585 g/mol. The lowest BCUT2D eigenvalue weighted by Gasteiger charge is -2.59. The summed E-state index contributed by atoms with van der Waals surface area (Å²) in [5.74, 6) is -1.89. The zero-order valence-electron chi connectivity index (χ0n) is 18.8. The second-order valence-corrected chi connectivity index (χ2v) is 10.8. The van der Waals surface area contributed by atoms with Crippen molar-refractivity contribution < 1.29 is 33.0 Å². The second kappa shape index (κ2) is 10.7. The van der Waals surface area contributed by atoms with Crippen LogP contribution in [0.5, 0.6) is 11.5 Å². The van der Waals surface area contributed by atoms with Gasteiger partial charge >= 0.3 is 0 Å². The zero-order chi connectivity index (χ0) is 26.1. The molecule has 3 N–H and O–H groups in total. The molecule has 0 heterocycles. The fourth-order valence-electron chi connectivity index (χ4n) is 4.75. The molecule has 5 rings (SSSR count). The fourth-order valence-corrected chi connectivity index (χ4v) is 6.06. The van der Waals surface area contributed by atoms with Gasteiger partial charge in [0.1, 0.15) is 23.1 Å². The van der Waals surface area contributed by atoms with E-state index in [1.54, 1.807) is 0 Å². The molecule has 2 atom stereocenters. The minimum atomic E-state index is -0.997. The number of carbonyl (C=O) groups is 2. The van der Waals surface area contributed by atoms with Gasteiger partial charge in [-0.1, -0.05) is 39.1 Å². The van der Waals surface area contributed by atoms with E-state index in [1.807, 2.05) is 0 Å². The smallest absolute Gasteiger partial charge is 0.258 e. The fraction of sp³-hybridized carbons (Fsp3) is 0.417. The van der Waals surface area contributed by atoms with Gasteiger partial charge in [0.25, 0.3) is 11.8 Å². The minimum Gasteiger partial charge on any atom is -0.484 e. The SMILES string of the molecule is O=C(COc1ccc(Cl)c(F)c1)NC12CCC(NC(=O)COc3ccc(Cl)c(F)c3)(CC1)[C@@H](O)[C@H]2Br. The Kier molecular flexibility index (Phi) is 7.99. The Bertz CT molecular complexity index is 1070. The predicted octanol–water partition coefficient (Wildman–Crippen LogP) is 4.15. The summed E-state index contributed by atoms with van der Waals surface area (Å²) in [7, 11) is 0. The molecule has 0 aliphatic heterocycles. The topological polar surface area (TPSA) is 96.9 Å². The van der Waals surface area contributed by atoms with E-state index in [-0.39, 0.29) is 34.8 Å². The third kappa shape index (κ3) is 5.56. The highest BCUT2D eigenvalue weighted by Crippen LogP contribution is 2.50. The van der Waals surface area contributed by atoms with E-state index in [4.69, 9.17) is 32.7 Å². The number of hydrogen-bond acceptors (Lipinski definition) is 5. The number of alkyl halides is 1. The maximum absolute atomic E-state index is 13.6. The lowest BCUT2D eigenvalue weighted by molar-refractivity contribution is -0.135. The van der Waals surface area contributed by atoms with Gasteiger partial charge in [-0.15, -0.1) is 0 Å². The van der Waals surface area contributed by atoms with Crippen LogP contribution in [0.1, 0.15) is 25.7 Å². The van der Waals surface area contributed by atoms with Crippen molar-refractivity contribution in [3.05, 3.63) is 58.1 Å². The van der Waals surface area contributed by atoms with Gasteiger partial charge in [-0.2, -0.15) is 0 Å². The number of aliphatic hydroxyl groups is 1. The van der Waals surface area contributed by atoms with Crippen molar-refractivity contribution in [3.8, 4) is 11.5 Å². The van der Waals surface area contributed by atoms with Crippen molar-refractivity contribution in [2.45, 2.75) is 47.7 Å². The van der Waals surface area contributed by atoms with Crippen LogP contribution in [0, 0.1) is 11.6 Å². The molecule has 3 aliphatic carbocycles. The third-order valence-corrected chi connectivity index (χ3v) is 8.69. The molecule has 0 unspecified atom stereocenters. The van der Waals surface area contributed by atoms with E-state index < -0.39 is 45.5 Å². The summed E-state index contributed by atoms with van der Waals surface area (Å²) in [5.41, 5.74) is -1.64. The third-order valence-electron chi connectivity index (χ3n) is 6.70. The first kappa shape index (κ1) is 26.9. The van der Waals surface area contributed by atoms with Gasteiger partial charge in [0.2, 0.25) is 0 Å². The summed E-state index contributed by atoms with van der Waals surface area (Å²) in [5, 5.41) is 16.8. The standard InChI is InChI=1S/C24H23BrCl2F2N2O5/c25-21-22(34)24(31-20(33)12-36-14-2-4-16(27)18(29)10-14)7-5-23(21,6-8-24)30-19(32)11-35-13-1-3-15(26)17(28)9-13/h1-4,9-10,21-22,34H,5-8,11-12H2,(H,30,32)(H,31,33)/t21-,22+,23?,24?/m1/s1. The average Bonchev–Trinajstić information content (AvgIpc) is 2.85. The molecule has 7 nitrogen and oxygen atoms in total. The van der Waals surface area contributed by atoms with Crippen LogP contribution in [-0.4, -0.2) is 52.1 Å². The maximum atomic E-state index is 13.6. The van der Waals surface area contributed by atoms with Crippen LogP contribution in [0.25, 0.3) is 0 Å². The number of nitrogens with one attached hydrogen (secondary N) is 2. The number of ether oxygens (including phenoxy) is 2. The van der Waals surface area contributed by atoms with Crippen molar-refractivity contribution in [2.24, 2.45) is 0 Å². The molecule has 3 aliphatic rings. The lowest BCUT2D eigenvalue weighted by Crippen LogP contribution is -2.75. The van der Waals surface area contributed by atoms with Crippen LogP contribution in [0.2, 0.25) is 10.0 Å². The quantitative estimate of drug-likeness (QED) is 0.392. The summed E-state index contributed by atoms with van der Waals surface area (Å²) in [6.45, 7) is -0.712. The van der Waals surface area contributed by atoms with Gasteiger partial charge in [-0.05, 0) is 49.9 Å². The van der Waals surface area contributed by atoms with Gasteiger partial charge in [0.15, 0.2) is 13.2 Å². The van der Waals surface area contributed by atoms with Gasteiger partial charge < -0.3 is 25.2 Å². The number of fused-ring (bicyclic) bond motifs is 3. The molecule has 0 saturated heterocycles. The molecule has 0 aromatic heterocycles. The van der Waals surface area contributed by atoms with Crippen molar-refractivity contribution in [3.63, 3.8) is 0 Å². The number of rotatable bonds is 8. The van der Waals surface area contributed by atoms with E-state index in [0.29, 0.717) is 25.7 Å². The Morgan fingerprint density at radius 3 is 1.75 bits per heavy atom. The van der Waals surface area contributed by atoms with E-state index in [1.165, 1.54) is 24.3 Å². The summed E-state index contributed by atoms with van der Waals surface area (Å²) in [6, 6.07) is 7.75. The zero-order valence-corrected chi connectivity index (χ0v) is 21.9. The second-order valence-electron chi connectivity index (χ2n) is 8.98. The van der Waals surface area contributed by atoms with Crippen molar-refractivity contribution in [2.75, 3.05) is 13.2 Å². The van der Waals surface area contributed by atoms with E-state index in [9.17, 15) is 23.5 Å². The van der Waals surface area contributed by atoms with Crippen molar-refractivity contribution >= 4 is 50.9 Å². The molecule has 3 fully saturated rings. The van der Waals surface area contributed by atoms with Gasteiger partial charge in [0.05, 0.1) is 32.1 Å². The average molecular weight is 608 g/mol. The van der Waals surface area contributed by atoms with Crippen LogP contribution in [0.15, 0.2) is 36.4 Å². The van der Waals surface area contributed by atoms with E-state index >= 15 is 0 Å². The van der Waals surface area contributed by atoms with Crippen LogP contribution in [0.3, 0.4) is 0 Å². The van der Waals surface area contributed by atoms with Crippen LogP contribution in [-0.2, 0) is 9.59 Å².